The average molecular weight is 542 g/mol. The van der Waals surface area contributed by atoms with E-state index in [1.165, 1.54) is 18.2 Å². The van der Waals surface area contributed by atoms with E-state index in [0.717, 1.165) is 6.42 Å². The maximum absolute atomic E-state index is 13.4. The number of sulfonamides is 1. The highest BCUT2D eigenvalue weighted by atomic mass is 32.2. The first kappa shape index (κ1) is 27.4. The SMILES string of the molecule is CC1CCN(c2nc(-n3ccc(OCC(C)(C)C)n3)ccc2C(=O)NS(=O)(=O)c2cccc(N)n2)C1(C)C. The molecule has 1 unspecified atom stereocenters. The minimum absolute atomic E-state index is 0.0242. The lowest BCUT2D eigenvalue weighted by Crippen LogP contribution is -2.44. The summed E-state index contributed by atoms with van der Waals surface area (Å²) in [5.41, 5.74) is 5.42. The summed E-state index contributed by atoms with van der Waals surface area (Å²) in [6.07, 6.45) is 2.63. The van der Waals surface area contributed by atoms with Gasteiger partial charge in [0.2, 0.25) is 5.88 Å². The highest BCUT2D eigenvalue weighted by Gasteiger charge is 2.41. The van der Waals surface area contributed by atoms with Crippen LogP contribution in [0.5, 0.6) is 5.88 Å². The minimum Gasteiger partial charge on any atom is -0.476 e. The molecule has 0 aromatic carbocycles. The summed E-state index contributed by atoms with van der Waals surface area (Å²) < 4.78 is 35.3. The van der Waals surface area contributed by atoms with Gasteiger partial charge in [-0.3, -0.25) is 4.79 Å². The summed E-state index contributed by atoms with van der Waals surface area (Å²) >= 11 is 0. The molecule has 0 radical (unpaired) electrons. The van der Waals surface area contributed by atoms with Crippen molar-refractivity contribution in [3.8, 4) is 11.7 Å². The number of hydrogen-bond donors (Lipinski definition) is 2. The van der Waals surface area contributed by atoms with Crippen LogP contribution < -0.4 is 20.1 Å². The number of rotatable bonds is 7. The number of carbonyl (C=O) groups excluding carboxylic acids is 1. The molecule has 11 nitrogen and oxygen atoms in total. The maximum atomic E-state index is 13.4. The molecule has 1 aliphatic rings. The minimum atomic E-state index is -4.26. The van der Waals surface area contributed by atoms with E-state index in [0.29, 0.717) is 36.6 Å². The maximum Gasteiger partial charge on any atom is 0.281 e. The lowest BCUT2D eigenvalue weighted by Gasteiger charge is -2.36. The van der Waals surface area contributed by atoms with Gasteiger partial charge in [-0.2, -0.15) is 8.42 Å². The molecule has 1 atom stereocenters. The van der Waals surface area contributed by atoms with Gasteiger partial charge in [-0.05, 0) is 55.9 Å². The standard InChI is InChI=1S/C26H35N7O4S/c1-17-12-14-32(26(17,5)6)23-18(24(34)31-38(35,36)22-9-7-8-19(27)28-22)10-11-20(29-23)33-15-13-21(30-33)37-16-25(2,3)4/h7-11,13,15,17H,12,14,16H2,1-6H3,(H2,27,28)(H,31,34). The molecular weight excluding hydrogens is 506 g/mol. The number of ether oxygens (including phenoxy) is 1. The first-order chi connectivity index (χ1) is 17.7. The van der Waals surface area contributed by atoms with Gasteiger partial charge in [0.25, 0.3) is 15.9 Å². The Bertz CT molecular complexity index is 1440. The molecule has 0 aliphatic carbocycles. The van der Waals surface area contributed by atoms with Crippen LogP contribution in [-0.2, 0) is 10.0 Å². The van der Waals surface area contributed by atoms with Crippen molar-refractivity contribution in [2.24, 2.45) is 11.3 Å². The first-order valence-corrected chi connectivity index (χ1v) is 13.9. The molecule has 3 aromatic heterocycles. The molecule has 1 saturated heterocycles. The summed E-state index contributed by atoms with van der Waals surface area (Å²) in [4.78, 5) is 24.0. The Labute approximate surface area is 223 Å². The number of carbonyl (C=O) groups is 1. The van der Waals surface area contributed by atoms with E-state index >= 15 is 0 Å². The van der Waals surface area contributed by atoms with Crippen LogP contribution >= 0.6 is 0 Å². The molecule has 0 saturated carbocycles. The van der Waals surface area contributed by atoms with Gasteiger partial charge < -0.3 is 15.4 Å². The Morgan fingerprint density at radius 1 is 1.18 bits per heavy atom. The summed E-state index contributed by atoms with van der Waals surface area (Å²) in [5.74, 6) is 0.848. The third kappa shape index (κ3) is 5.74. The van der Waals surface area contributed by atoms with Gasteiger partial charge in [-0.15, -0.1) is 5.10 Å². The van der Waals surface area contributed by atoms with Crippen LogP contribution in [0.15, 0.2) is 47.6 Å². The van der Waals surface area contributed by atoms with Crippen LogP contribution in [0.1, 0.15) is 58.3 Å². The van der Waals surface area contributed by atoms with Crippen molar-refractivity contribution in [1.82, 2.24) is 24.5 Å². The van der Waals surface area contributed by atoms with Crippen LogP contribution in [0.4, 0.5) is 11.6 Å². The van der Waals surface area contributed by atoms with Crippen molar-refractivity contribution >= 4 is 27.6 Å². The van der Waals surface area contributed by atoms with Crippen LogP contribution in [-0.4, -0.2) is 52.8 Å². The van der Waals surface area contributed by atoms with Gasteiger partial charge in [-0.25, -0.2) is 19.4 Å². The zero-order chi connectivity index (χ0) is 27.9. The first-order valence-electron chi connectivity index (χ1n) is 12.4. The molecule has 204 valence electrons. The predicted octanol–water partition coefficient (Wildman–Crippen LogP) is 3.41. The molecule has 0 bridgehead atoms. The summed E-state index contributed by atoms with van der Waals surface area (Å²) in [6.45, 7) is 13.7. The van der Waals surface area contributed by atoms with Gasteiger partial charge in [0.1, 0.15) is 11.6 Å². The summed E-state index contributed by atoms with van der Waals surface area (Å²) in [6, 6.07) is 9.13. The van der Waals surface area contributed by atoms with Crippen molar-refractivity contribution in [1.29, 1.82) is 0 Å². The van der Waals surface area contributed by atoms with E-state index in [2.05, 4.69) is 56.3 Å². The number of nitrogens with zero attached hydrogens (tertiary/aromatic N) is 5. The number of hydrogen-bond acceptors (Lipinski definition) is 9. The molecule has 1 amide bonds. The fraction of sp³-hybridized carbons (Fsp3) is 0.462. The van der Waals surface area contributed by atoms with E-state index in [-0.39, 0.29) is 27.4 Å². The highest BCUT2D eigenvalue weighted by molar-refractivity contribution is 7.90. The fourth-order valence-electron chi connectivity index (χ4n) is 4.17. The Morgan fingerprint density at radius 3 is 2.55 bits per heavy atom. The molecular formula is C26H35N7O4S. The molecule has 1 aliphatic heterocycles. The number of nitrogens with two attached hydrogens (primary N) is 1. The Morgan fingerprint density at radius 2 is 1.92 bits per heavy atom. The van der Waals surface area contributed by atoms with E-state index in [4.69, 9.17) is 15.5 Å². The zero-order valence-electron chi connectivity index (χ0n) is 22.6. The van der Waals surface area contributed by atoms with Crippen LogP contribution in [0.3, 0.4) is 0 Å². The zero-order valence-corrected chi connectivity index (χ0v) is 23.4. The summed E-state index contributed by atoms with van der Waals surface area (Å²) in [7, 11) is -4.26. The van der Waals surface area contributed by atoms with Gasteiger partial charge in [0, 0.05) is 24.3 Å². The number of nitrogens with one attached hydrogen (secondary N) is 1. The van der Waals surface area contributed by atoms with E-state index in [1.807, 2.05) is 4.90 Å². The van der Waals surface area contributed by atoms with Gasteiger partial charge >= 0.3 is 0 Å². The lowest BCUT2D eigenvalue weighted by atomic mass is 9.90. The average Bonchev–Trinajstić information content (AvgIpc) is 3.41. The number of pyridine rings is 2. The molecule has 4 heterocycles. The van der Waals surface area contributed by atoms with Gasteiger partial charge in [0.15, 0.2) is 10.8 Å². The quantitative estimate of drug-likeness (QED) is 0.459. The van der Waals surface area contributed by atoms with E-state index in [1.54, 1.807) is 29.1 Å². The smallest absolute Gasteiger partial charge is 0.281 e. The molecule has 38 heavy (non-hydrogen) atoms. The third-order valence-electron chi connectivity index (χ3n) is 6.75. The molecule has 3 N–H and O–H groups in total. The topological polar surface area (TPSA) is 145 Å². The Hall–Kier alpha value is -3.67. The Balaban J connectivity index is 1.70. The predicted molar refractivity (Wildman–Crippen MR) is 145 cm³/mol. The highest BCUT2D eigenvalue weighted by Crippen LogP contribution is 2.39. The monoisotopic (exact) mass is 541 g/mol. The van der Waals surface area contributed by atoms with Crippen LogP contribution in [0.25, 0.3) is 5.82 Å². The fourth-order valence-corrected chi connectivity index (χ4v) is 5.11. The largest absolute Gasteiger partial charge is 0.476 e. The normalized spacial score (nSPS) is 17.4. The second-order valence-electron chi connectivity index (χ2n) is 11.3. The van der Waals surface area contributed by atoms with E-state index in [9.17, 15) is 13.2 Å². The van der Waals surface area contributed by atoms with Crippen molar-refractivity contribution in [2.75, 3.05) is 23.8 Å². The molecule has 0 spiro atoms. The number of anilines is 2. The van der Waals surface area contributed by atoms with Crippen molar-refractivity contribution < 1.29 is 17.9 Å². The Kier molecular flexibility index (Phi) is 7.13. The molecule has 4 rings (SSSR count). The number of amides is 1. The van der Waals surface area contributed by atoms with E-state index < -0.39 is 15.9 Å². The lowest BCUT2D eigenvalue weighted by molar-refractivity contribution is 0.0981. The molecule has 1 fully saturated rings. The van der Waals surface area contributed by atoms with Gasteiger partial charge in [0.05, 0.1) is 12.2 Å². The second-order valence-corrected chi connectivity index (χ2v) is 12.9. The third-order valence-corrected chi connectivity index (χ3v) is 7.98. The second kappa shape index (κ2) is 9.90. The van der Waals surface area contributed by atoms with Gasteiger partial charge in [-0.1, -0.05) is 33.8 Å². The van der Waals surface area contributed by atoms with Crippen LogP contribution in [0, 0.1) is 11.3 Å². The van der Waals surface area contributed by atoms with Crippen molar-refractivity contribution in [2.45, 2.75) is 58.5 Å². The van der Waals surface area contributed by atoms with Crippen molar-refractivity contribution in [3.63, 3.8) is 0 Å². The molecule has 3 aromatic rings. The summed E-state index contributed by atoms with van der Waals surface area (Å²) in [5, 5.41) is 4.14. The number of nitrogen functional groups attached to an aromatic ring is 1. The molecule has 12 heteroatoms. The number of aromatic nitrogens is 4. The van der Waals surface area contributed by atoms with Crippen molar-refractivity contribution in [3.05, 3.63) is 48.2 Å². The van der Waals surface area contributed by atoms with Crippen LogP contribution in [0.2, 0.25) is 0 Å².